The van der Waals surface area contributed by atoms with Gasteiger partial charge in [0, 0.05) is 18.0 Å². The number of hydrogen-bond donors (Lipinski definition) is 1. The van der Waals surface area contributed by atoms with Crippen molar-refractivity contribution in [3.63, 3.8) is 0 Å². The van der Waals surface area contributed by atoms with E-state index in [0.29, 0.717) is 6.04 Å². The van der Waals surface area contributed by atoms with Gasteiger partial charge in [0.1, 0.15) is 0 Å². The Labute approximate surface area is 102 Å². The first-order valence-corrected chi connectivity index (χ1v) is 7.14. The van der Waals surface area contributed by atoms with Gasteiger partial charge in [-0.1, -0.05) is 25.3 Å². The topological polar surface area (TPSA) is 38.9 Å². The number of aromatic nitrogens is 1. The van der Waals surface area contributed by atoms with Crippen LogP contribution < -0.4 is 5.73 Å². The molecule has 1 atom stereocenters. The highest BCUT2D eigenvalue weighted by molar-refractivity contribution is 7.99. The van der Waals surface area contributed by atoms with Crippen molar-refractivity contribution in [1.29, 1.82) is 0 Å². The van der Waals surface area contributed by atoms with E-state index in [2.05, 4.69) is 11.1 Å². The molecule has 1 aliphatic rings. The summed E-state index contributed by atoms with van der Waals surface area (Å²) in [6.07, 6.45) is 8.62. The average Bonchev–Trinajstić information content (AvgIpc) is 2.38. The van der Waals surface area contributed by atoms with Gasteiger partial charge in [-0.2, -0.15) is 0 Å². The van der Waals surface area contributed by atoms with E-state index in [4.69, 9.17) is 5.73 Å². The smallest absolute Gasteiger partial charge is 0.0960 e. The molecule has 2 rings (SSSR count). The molecule has 0 spiro atoms. The monoisotopic (exact) mass is 236 g/mol. The Hall–Kier alpha value is -0.540. The van der Waals surface area contributed by atoms with Crippen LogP contribution in [0.2, 0.25) is 0 Å². The highest BCUT2D eigenvalue weighted by Gasteiger charge is 2.20. The van der Waals surface area contributed by atoms with Crippen molar-refractivity contribution in [2.75, 3.05) is 5.75 Å². The van der Waals surface area contributed by atoms with Gasteiger partial charge >= 0.3 is 0 Å². The second-order valence-corrected chi connectivity index (χ2v) is 5.58. The molecule has 0 saturated heterocycles. The van der Waals surface area contributed by atoms with Gasteiger partial charge in [0.2, 0.25) is 0 Å². The molecule has 0 radical (unpaired) electrons. The van der Waals surface area contributed by atoms with Gasteiger partial charge in [-0.05, 0) is 30.9 Å². The predicted octanol–water partition coefficient (Wildman–Crippen LogP) is 3.08. The molecule has 0 bridgehead atoms. The molecule has 1 unspecified atom stereocenters. The van der Waals surface area contributed by atoms with Gasteiger partial charge in [0.15, 0.2) is 0 Å². The van der Waals surface area contributed by atoms with E-state index < -0.39 is 0 Å². The zero-order chi connectivity index (χ0) is 11.2. The second-order valence-electron chi connectivity index (χ2n) is 4.54. The van der Waals surface area contributed by atoms with Crippen LogP contribution >= 0.6 is 11.8 Å². The third-order valence-electron chi connectivity index (χ3n) is 3.32. The molecule has 1 heterocycles. The predicted molar refractivity (Wildman–Crippen MR) is 69.5 cm³/mol. The number of nitrogens with two attached hydrogens (primary N) is 1. The van der Waals surface area contributed by atoms with Crippen molar-refractivity contribution in [3.05, 3.63) is 24.4 Å². The number of rotatable bonds is 4. The van der Waals surface area contributed by atoms with E-state index in [0.717, 1.165) is 16.7 Å². The number of hydrogen-bond acceptors (Lipinski definition) is 3. The fourth-order valence-electron chi connectivity index (χ4n) is 2.31. The zero-order valence-electron chi connectivity index (χ0n) is 9.64. The quantitative estimate of drug-likeness (QED) is 0.817. The first kappa shape index (κ1) is 11.9. The Balaban J connectivity index is 1.76. The molecule has 1 aromatic heterocycles. The molecule has 1 saturated carbocycles. The summed E-state index contributed by atoms with van der Waals surface area (Å²) in [7, 11) is 0. The molecule has 0 aliphatic heterocycles. The molecule has 1 aliphatic carbocycles. The lowest BCUT2D eigenvalue weighted by atomic mass is 9.85. The van der Waals surface area contributed by atoms with Crippen LogP contribution in [-0.4, -0.2) is 16.8 Å². The van der Waals surface area contributed by atoms with Crippen LogP contribution in [0.15, 0.2) is 29.4 Å². The van der Waals surface area contributed by atoms with Crippen molar-refractivity contribution in [2.24, 2.45) is 11.7 Å². The van der Waals surface area contributed by atoms with Crippen LogP contribution in [-0.2, 0) is 0 Å². The fraction of sp³-hybridized carbons (Fsp3) is 0.615. The highest BCUT2D eigenvalue weighted by Crippen LogP contribution is 2.28. The lowest BCUT2D eigenvalue weighted by Crippen LogP contribution is -2.33. The first-order chi connectivity index (χ1) is 7.86. The van der Waals surface area contributed by atoms with Crippen molar-refractivity contribution in [2.45, 2.75) is 43.2 Å². The summed E-state index contributed by atoms with van der Waals surface area (Å²) in [5.41, 5.74) is 6.25. The van der Waals surface area contributed by atoms with E-state index >= 15 is 0 Å². The second kappa shape index (κ2) is 6.26. The van der Waals surface area contributed by atoms with Crippen molar-refractivity contribution in [1.82, 2.24) is 4.98 Å². The minimum absolute atomic E-state index is 0.340. The fourth-order valence-corrected chi connectivity index (χ4v) is 3.26. The van der Waals surface area contributed by atoms with Crippen LogP contribution in [0.3, 0.4) is 0 Å². The summed E-state index contributed by atoms with van der Waals surface area (Å²) in [4.78, 5) is 4.30. The number of pyridine rings is 1. The molecular weight excluding hydrogens is 216 g/mol. The largest absolute Gasteiger partial charge is 0.327 e. The van der Waals surface area contributed by atoms with E-state index in [9.17, 15) is 0 Å². The summed E-state index contributed by atoms with van der Waals surface area (Å²) in [5, 5.41) is 1.09. The van der Waals surface area contributed by atoms with Crippen LogP contribution in [0.4, 0.5) is 0 Å². The molecular formula is C13H20N2S. The molecule has 3 heteroatoms. The lowest BCUT2D eigenvalue weighted by molar-refractivity contribution is 0.319. The molecule has 88 valence electrons. The normalized spacial score (nSPS) is 19.6. The first-order valence-electron chi connectivity index (χ1n) is 6.15. The minimum Gasteiger partial charge on any atom is -0.327 e. The summed E-state index contributed by atoms with van der Waals surface area (Å²) in [5.74, 6) is 1.74. The Morgan fingerprint density at radius 1 is 1.31 bits per heavy atom. The van der Waals surface area contributed by atoms with Crippen LogP contribution in [0.25, 0.3) is 0 Å². The standard InChI is InChI=1S/C13H20N2S/c14-12(11-6-2-1-3-7-11)10-16-13-8-4-5-9-15-13/h4-5,8-9,11-12H,1-3,6-7,10,14H2. The van der Waals surface area contributed by atoms with Gasteiger partial charge in [-0.25, -0.2) is 4.98 Å². The Morgan fingerprint density at radius 2 is 2.12 bits per heavy atom. The third kappa shape index (κ3) is 3.49. The zero-order valence-corrected chi connectivity index (χ0v) is 10.5. The molecule has 1 aromatic rings. The molecule has 0 amide bonds. The van der Waals surface area contributed by atoms with E-state index in [1.165, 1.54) is 32.1 Å². The van der Waals surface area contributed by atoms with Gasteiger partial charge < -0.3 is 5.73 Å². The van der Waals surface area contributed by atoms with E-state index in [1.807, 2.05) is 18.3 Å². The maximum absolute atomic E-state index is 6.25. The number of nitrogens with zero attached hydrogens (tertiary/aromatic N) is 1. The summed E-state index contributed by atoms with van der Waals surface area (Å²) >= 11 is 1.79. The van der Waals surface area contributed by atoms with Gasteiger partial charge in [0.05, 0.1) is 5.03 Å². The SMILES string of the molecule is NC(CSc1ccccn1)C1CCCCC1. The van der Waals surface area contributed by atoms with Crippen LogP contribution in [0.1, 0.15) is 32.1 Å². The van der Waals surface area contributed by atoms with Gasteiger partial charge in [0.25, 0.3) is 0 Å². The van der Waals surface area contributed by atoms with Crippen LogP contribution in [0, 0.1) is 5.92 Å². The maximum atomic E-state index is 6.25. The van der Waals surface area contributed by atoms with Crippen molar-refractivity contribution < 1.29 is 0 Å². The van der Waals surface area contributed by atoms with Gasteiger partial charge in [-0.3, -0.25) is 0 Å². The summed E-state index contributed by atoms with van der Waals surface area (Å²) < 4.78 is 0. The van der Waals surface area contributed by atoms with E-state index in [1.54, 1.807) is 11.8 Å². The molecule has 1 fully saturated rings. The van der Waals surface area contributed by atoms with Crippen molar-refractivity contribution >= 4 is 11.8 Å². The molecule has 0 aromatic carbocycles. The number of thioether (sulfide) groups is 1. The average molecular weight is 236 g/mol. The molecule has 2 nitrogen and oxygen atoms in total. The van der Waals surface area contributed by atoms with Gasteiger partial charge in [-0.15, -0.1) is 11.8 Å². The Morgan fingerprint density at radius 3 is 2.81 bits per heavy atom. The lowest BCUT2D eigenvalue weighted by Gasteiger charge is -2.27. The van der Waals surface area contributed by atoms with Crippen LogP contribution in [0.5, 0.6) is 0 Å². The van der Waals surface area contributed by atoms with Crippen molar-refractivity contribution in [3.8, 4) is 0 Å². The maximum Gasteiger partial charge on any atom is 0.0960 e. The molecule has 16 heavy (non-hydrogen) atoms. The minimum atomic E-state index is 0.340. The summed E-state index contributed by atoms with van der Waals surface area (Å²) in [6, 6.07) is 6.37. The summed E-state index contributed by atoms with van der Waals surface area (Å²) in [6.45, 7) is 0. The third-order valence-corrected chi connectivity index (χ3v) is 4.41. The van der Waals surface area contributed by atoms with E-state index in [-0.39, 0.29) is 0 Å². The Bertz CT molecular complexity index is 296. The Kier molecular flexibility index (Phi) is 4.67. The highest BCUT2D eigenvalue weighted by atomic mass is 32.2. The molecule has 2 N–H and O–H groups in total.